The van der Waals surface area contributed by atoms with Crippen molar-refractivity contribution in [3.63, 3.8) is 0 Å². The molecule has 3 N–H and O–H groups in total. The molecule has 0 saturated carbocycles. The Labute approximate surface area is 102 Å². The second kappa shape index (κ2) is 4.22. The first-order valence-electron chi connectivity index (χ1n) is 5.11. The number of hydrogen-bond acceptors (Lipinski definition) is 2. The van der Waals surface area contributed by atoms with Gasteiger partial charge in [-0.15, -0.1) is 0 Å². The summed E-state index contributed by atoms with van der Waals surface area (Å²) in [5.41, 5.74) is 6.18. The van der Waals surface area contributed by atoms with Crippen molar-refractivity contribution in [2.45, 2.75) is 12.8 Å². The predicted molar refractivity (Wildman–Crippen MR) is 67.2 cm³/mol. The van der Waals surface area contributed by atoms with E-state index in [2.05, 4.69) is 4.98 Å². The third-order valence-electron chi connectivity index (χ3n) is 2.71. The van der Waals surface area contributed by atoms with Gasteiger partial charge in [0.2, 0.25) is 5.91 Å². The summed E-state index contributed by atoms with van der Waals surface area (Å²) in [5.74, 6) is -1.00. The number of benzene rings is 1. The molecule has 1 amide bonds. The van der Waals surface area contributed by atoms with E-state index in [1.54, 1.807) is 25.1 Å². The molecule has 1 heterocycles. The van der Waals surface area contributed by atoms with Crippen molar-refractivity contribution in [3.05, 3.63) is 45.2 Å². The fraction of sp³-hybridized carbons (Fsp3) is 0.167. The van der Waals surface area contributed by atoms with E-state index in [9.17, 15) is 9.59 Å². The molecule has 0 aliphatic heterocycles. The largest absolute Gasteiger partial charge is 0.369 e. The van der Waals surface area contributed by atoms with E-state index >= 15 is 0 Å². The van der Waals surface area contributed by atoms with Crippen molar-refractivity contribution >= 4 is 28.4 Å². The highest BCUT2D eigenvalue weighted by Gasteiger charge is 2.14. The van der Waals surface area contributed by atoms with Crippen LogP contribution in [0.4, 0.5) is 0 Å². The van der Waals surface area contributed by atoms with E-state index in [-0.39, 0.29) is 5.43 Å². The van der Waals surface area contributed by atoms with E-state index in [0.29, 0.717) is 21.6 Å². The average Bonchev–Trinajstić information content (AvgIpc) is 2.28. The van der Waals surface area contributed by atoms with Crippen molar-refractivity contribution in [2.24, 2.45) is 5.73 Å². The van der Waals surface area contributed by atoms with Crippen molar-refractivity contribution in [1.82, 2.24) is 4.98 Å². The Hall–Kier alpha value is -1.81. The molecule has 0 saturated heterocycles. The molecule has 88 valence electrons. The van der Waals surface area contributed by atoms with Gasteiger partial charge >= 0.3 is 0 Å². The zero-order valence-corrected chi connectivity index (χ0v) is 9.91. The van der Waals surface area contributed by atoms with Gasteiger partial charge < -0.3 is 10.7 Å². The lowest BCUT2D eigenvalue weighted by atomic mass is 10.1. The molecular weight excluding hydrogens is 240 g/mol. The monoisotopic (exact) mass is 250 g/mol. The fourth-order valence-electron chi connectivity index (χ4n) is 1.63. The average molecular weight is 251 g/mol. The number of carbonyl (C=O) groups is 1. The Bertz CT molecular complexity index is 648. The fourth-order valence-corrected chi connectivity index (χ4v) is 1.80. The summed E-state index contributed by atoms with van der Waals surface area (Å²) in [4.78, 5) is 25.9. The number of amides is 1. The lowest BCUT2D eigenvalue weighted by Gasteiger charge is -2.09. The van der Waals surface area contributed by atoms with Crippen LogP contribution in [0.3, 0.4) is 0 Å². The van der Waals surface area contributed by atoms with E-state index in [4.69, 9.17) is 17.3 Å². The van der Waals surface area contributed by atoms with E-state index in [1.807, 2.05) is 0 Å². The third kappa shape index (κ3) is 2.17. The summed E-state index contributed by atoms with van der Waals surface area (Å²) in [7, 11) is 0. The topological polar surface area (TPSA) is 76.0 Å². The first-order valence-corrected chi connectivity index (χ1v) is 5.48. The van der Waals surface area contributed by atoms with Crippen LogP contribution >= 0.6 is 11.6 Å². The first-order chi connectivity index (χ1) is 7.99. The summed E-state index contributed by atoms with van der Waals surface area (Å²) in [6.45, 7) is 1.65. The maximum atomic E-state index is 11.8. The van der Waals surface area contributed by atoms with Gasteiger partial charge in [-0.05, 0) is 25.1 Å². The summed E-state index contributed by atoms with van der Waals surface area (Å²) >= 11 is 5.82. The second-order valence-corrected chi connectivity index (χ2v) is 4.34. The number of halogens is 1. The summed E-state index contributed by atoms with van der Waals surface area (Å²) in [6.07, 6.45) is 0. The highest BCUT2D eigenvalue weighted by molar-refractivity contribution is 6.31. The minimum absolute atomic E-state index is 0.177. The summed E-state index contributed by atoms with van der Waals surface area (Å²) < 4.78 is 0. The van der Waals surface area contributed by atoms with Crippen molar-refractivity contribution in [3.8, 4) is 0 Å². The Balaban J connectivity index is 2.68. The number of aromatic amines is 1. The quantitative estimate of drug-likeness (QED) is 0.852. The molecule has 1 aromatic heterocycles. The summed E-state index contributed by atoms with van der Waals surface area (Å²) in [6, 6.07) is 6.36. The second-order valence-electron chi connectivity index (χ2n) is 3.90. The smallest absolute Gasteiger partial charge is 0.226 e. The molecule has 17 heavy (non-hydrogen) atoms. The van der Waals surface area contributed by atoms with Gasteiger partial charge in [0, 0.05) is 27.7 Å². The molecule has 1 atom stereocenters. The summed E-state index contributed by atoms with van der Waals surface area (Å²) in [5, 5.41) is 0.997. The van der Waals surface area contributed by atoms with Crippen molar-refractivity contribution < 1.29 is 4.79 Å². The molecule has 0 aliphatic rings. The number of primary amides is 1. The van der Waals surface area contributed by atoms with Gasteiger partial charge in [0.1, 0.15) is 0 Å². The van der Waals surface area contributed by atoms with E-state index in [0.717, 1.165) is 0 Å². The van der Waals surface area contributed by atoms with Gasteiger partial charge in [-0.2, -0.15) is 0 Å². The lowest BCUT2D eigenvalue weighted by Crippen LogP contribution is -2.21. The number of carbonyl (C=O) groups excluding carboxylic acids is 1. The molecule has 5 heteroatoms. The molecule has 0 fully saturated rings. The molecule has 0 bridgehead atoms. The molecule has 0 aliphatic carbocycles. The van der Waals surface area contributed by atoms with Gasteiger partial charge in [0.15, 0.2) is 5.43 Å². The number of nitrogens with two attached hydrogens (primary N) is 1. The van der Waals surface area contributed by atoms with Crippen molar-refractivity contribution in [1.29, 1.82) is 0 Å². The normalized spacial score (nSPS) is 12.6. The zero-order valence-electron chi connectivity index (χ0n) is 9.16. The molecule has 2 aromatic rings. The van der Waals surface area contributed by atoms with Gasteiger partial charge in [0.25, 0.3) is 0 Å². The molecule has 0 spiro atoms. The van der Waals surface area contributed by atoms with Crippen LogP contribution < -0.4 is 11.2 Å². The van der Waals surface area contributed by atoms with Crippen molar-refractivity contribution in [2.75, 3.05) is 0 Å². The minimum Gasteiger partial charge on any atom is -0.369 e. The Morgan fingerprint density at radius 2 is 2.12 bits per heavy atom. The van der Waals surface area contributed by atoms with E-state index < -0.39 is 11.8 Å². The van der Waals surface area contributed by atoms with Crippen LogP contribution in [0.15, 0.2) is 29.1 Å². The zero-order chi connectivity index (χ0) is 12.6. The van der Waals surface area contributed by atoms with Crippen LogP contribution in [-0.2, 0) is 4.79 Å². The number of pyridine rings is 1. The Kier molecular flexibility index (Phi) is 2.90. The lowest BCUT2D eigenvalue weighted by molar-refractivity contribution is -0.119. The molecule has 0 unspecified atom stereocenters. The number of aromatic nitrogens is 1. The number of hydrogen-bond donors (Lipinski definition) is 2. The van der Waals surface area contributed by atoms with Gasteiger partial charge in [-0.1, -0.05) is 11.6 Å². The maximum Gasteiger partial charge on any atom is 0.226 e. The molecule has 2 rings (SSSR count). The standard InChI is InChI=1S/C12H11ClN2O2/c1-6(12(14)17)10-5-11(16)8-4-7(13)2-3-9(8)15-10/h2-6H,1H3,(H2,14,17)(H,15,16)/t6-/m1/s1. The number of fused-ring (bicyclic) bond motifs is 1. The number of nitrogens with one attached hydrogen (secondary N) is 1. The number of rotatable bonds is 2. The van der Waals surface area contributed by atoms with E-state index in [1.165, 1.54) is 6.07 Å². The third-order valence-corrected chi connectivity index (χ3v) is 2.94. The molecule has 4 nitrogen and oxygen atoms in total. The van der Waals surface area contributed by atoms with Crippen LogP contribution in [0.5, 0.6) is 0 Å². The van der Waals surface area contributed by atoms with Gasteiger partial charge in [-0.25, -0.2) is 0 Å². The Morgan fingerprint density at radius 3 is 2.76 bits per heavy atom. The first kappa shape index (κ1) is 11.7. The SMILES string of the molecule is C[C@@H](C(N)=O)c1cc(=O)c2cc(Cl)ccc2[nH]1. The predicted octanol–water partition coefficient (Wildman–Crippen LogP) is 1.77. The van der Waals surface area contributed by atoms with Gasteiger partial charge in [0.05, 0.1) is 5.92 Å². The minimum atomic E-state index is -0.525. The highest BCUT2D eigenvalue weighted by atomic mass is 35.5. The van der Waals surface area contributed by atoms with Crippen LogP contribution in [0.1, 0.15) is 18.5 Å². The number of H-pyrrole nitrogens is 1. The molecule has 1 aromatic carbocycles. The maximum absolute atomic E-state index is 11.8. The Morgan fingerprint density at radius 1 is 1.41 bits per heavy atom. The van der Waals surface area contributed by atoms with Crippen LogP contribution in [0.2, 0.25) is 5.02 Å². The molecular formula is C12H11ClN2O2. The van der Waals surface area contributed by atoms with Gasteiger partial charge in [-0.3, -0.25) is 9.59 Å². The van der Waals surface area contributed by atoms with Crippen LogP contribution in [0, 0.1) is 0 Å². The molecule has 0 radical (unpaired) electrons. The van der Waals surface area contributed by atoms with Crippen LogP contribution in [-0.4, -0.2) is 10.9 Å². The van der Waals surface area contributed by atoms with Crippen LogP contribution in [0.25, 0.3) is 10.9 Å². The highest BCUT2D eigenvalue weighted by Crippen LogP contribution is 2.18.